The molecule has 0 saturated heterocycles. The number of hydrogen-bond acceptors (Lipinski definition) is 3. The highest BCUT2D eigenvalue weighted by atomic mass is 35.5. The molecule has 106 valence electrons. The molecule has 0 unspecified atom stereocenters. The van der Waals surface area contributed by atoms with Crippen molar-refractivity contribution in [2.24, 2.45) is 0 Å². The molecule has 0 fully saturated rings. The zero-order chi connectivity index (χ0) is 14.8. The van der Waals surface area contributed by atoms with Crippen molar-refractivity contribution in [3.63, 3.8) is 0 Å². The number of carbonyl (C=O) groups excluding carboxylic acids is 1. The van der Waals surface area contributed by atoms with Crippen LogP contribution >= 0.6 is 11.6 Å². The lowest BCUT2D eigenvalue weighted by Gasteiger charge is -2.12. The molecule has 1 rings (SSSR count). The summed E-state index contributed by atoms with van der Waals surface area (Å²) >= 11 is 5.64. The molecule has 4 nitrogen and oxygen atoms in total. The Kier molecular flexibility index (Phi) is 4.46. The fraction of sp³-hybridized carbons (Fsp3) is 0.300. The Balaban J connectivity index is 3.09. The van der Waals surface area contributed by atoms with Crippen LogP contribution < -0.4 is 4.72 Å². The standard InChI is InChI=1S/C10H9ClF3NO3S/c1-2-9(16)6-3-4-8(7(11)5-6)15-19(17,18)10(12,13)14/h3-5,15H,2H2,1H3. The number of rotatable bonds is 4. The molecule has 0 amide bonds. The first-order valence-electron chi connectivity index (χ1n) is 5.00. The van der Waals surface area contributed by atoms with E-state index in [9.17, 15) is 26.4 Å². The summed E-state index contributed by atoms with van der Waals surface area (Å²) in [5.41, 5.74) is -5.68. The van der Waals surface area contributed by atoms with Crippen molar-refractivity contribution in [3.8, 4) is 0 Å². The highest BCUT2D eigenvalue weighted by molar-refractivity contribution is 7.93. The molecule has 0 saturated carbocycles. The number of nitrogens with one attached hydrogen (secondary N) is 1. The molecular weight excluding hydrogens is 307 g/mol. The van der Waals surface area contributed by atoms with E-state index in [1.54, 1.807) is 6.92 Å². The lowest BCUT2D eigenvalue weighted by Crippen LogP contribution is -2.30. The van der Waals surface area contributed by atoms with E-state index in [-0.39, 0.29) is 22.8 Å². The van der Waals surface area contributed by atoms with Gasteiger partial charge in [0.25, 0.3) is 0 Å². The molecule has 0 radical (unpaired) electrons. The van der Waals surface area contributed by atoms with Gasteiger partial charge in [0.2, 0.25) is 0 Å². The van der Waals surface area contributed by atoms with Crippen LogP contribution in [-0.4, -0.2) is 19.7 Å². The van der Waals surface area contributed by atoms with Gasteiger partial charge in [0.1, 0.15) is 0 Å². The van der Waals surface area contributed by atoms with Crippen molar-refractivity contribution in [1.29, 1.82) is 0 Å². The lowest BCUT2D eigenvalue weighted by atomic mass is 10.1. The summed E-state index contributed by atoms with van der Waals surface area (Å²) < 4.78 is 59.6. The summed E-state index contributed by atoms with van der Waals surface area (Å²) in [4.78, 5) is 11.3. The van der Waals surface area contributed by atoms with Crippen molar-refractivity contribution in [2.45, 2.75) is 18.9 Å². The molecule has 0 aliphatic rings. The van der Waals surface area contributed by atoms with Crippen molar-refractivity contribution < 1.29 is 26.4 Å². The van der Waals surface area contributed by atoms with Crippen molar-refractivity contribution >= 4 is 33.1 Å². The molecular formula is C10H9ClF3NO3S. The minimum Gasteiger partial charge on any atom is -0.294 e. The van der Waals surface area contributed by atoms with Gasteiger partial charge in [-0.25, -0.2) is 0 Å². The Morgan fingerprint density at radius 2 is 1.95 bits per heavy atom. The summed E-state index contributed by atoms with van der Waals surface area (Å²) in [6.45, 7) is 1.61. The molecule has 0 atom stereocenters. The van der Waals surface area contributed by atoms with E-state index >= 15 is 0 Å². The highest BCUT2D eigenvalue weighted by Gasteiger charge is 2.46. The fourth-order valence-electron chi connectivity index (χ4n) is 1.18. The van der Waals surface area contributed by atoms with Gasteiger partial charge in [-0.3, -0.25) is 9.52 Å². The first-order valence-corrected chi connectivity index (χ1v) is 6.86. The Hall–Kier alpha value is -1.28. The van der Waals surface area contributed by atoms with Crippen LogP contribution in [0, 0.1) is 0 Å². The van der Waals surface area contributed by atoms with Gasteiger partial charge in [0, 0.05) is 12.0 Å². The molecule has 0 aromatic heterocycles. The van der Waals surface area contributed by atoms with Gasteiger partial charge in [0.15, 0.2) is 5.78 Å². The minimum atomic E-state index is -5.53. The third-order valence-electron chi connectivity index (χ3n) is 2.16. The van der Waals surface area contributed by atoms with Crippen LogP contribution in [0.1, 0.15) is 23.7 Å². The van der Waals surface area contributed by atoms with Gasteiger partial charge in [-0.15, -0.1) is 0 Å². The second-order valence-electron chi connectivity index (χ2n) is 3.52. The van der Waals surface area contributed by atoms with Crippen molar-refractivity contribution in [2.75, 3.05) is 4.72 Å². The Morgan fingerprint density at radius 1 is 1.37 bits per heavy atom. The zero-order valence-corrected chi connectivity index (χ0v) is 11.2. The SMILES string of the molecule is CCC(=O)c1ccc(NS(=O)(=O)C(F)(F)F)c(Cl)c1. The number of benzene rings is 1. The summed E-state index contributed by atoms with van der Waals surface area (Å²) in [6.07, 6.45) is 0.198. The molecule has 1 aromatic rings. The van der Waals surface area contributed by atoms with Gasteiger partial charge in [-0.05, 0) is 18.2 Å². The van der Waals surface area contributed by atoms with Gasteiger partial charge in [0.05, 0.1) is 10.7 Å². The first kappa shape index (κ1) is 15.8. The van der Waals surface area contributed by atoms with Crippen molar-refractivity contribution in [3.05, 3.63) is 28.8 Å². The highest BCUT2D eigenvalue weighted by Crippen LogP contribution is 2.29. The third kappa shape index (κ3) is 3.60. The maximum Gasteiger partial charge on any atom is 0.516 e. The molecule has 1 N–H and O–H groups in total. The zero-order valence-electron chi connectivity index (χ0n) is 9.58. The Bertz CT molecular complexity index is 599. The number of Topliss-reactive ketones (excluding diaryl/α,β-unsaturated/α-hetero) is 1. The number of hydrogen-bond donors (Lipinski definition) is 1. The van der Waals surface area contributed by atoms with Gasteiger partial charge in [-0.1, -0.05) is 18.5 Å². The van der Waals surface area contributed by atoms with Crippen LogP contribution in [0.3, 0.4) is 0 Å². The van der Waals surface area contributed by atoms with E-state index in [2.05, 4.69) is 0 Å². The summed E-state index contributed by atoms with van der Waals surface area (Å²) in [5.74, 6) is -0.257. The van der Waals surface area contributed by atoms with Crippen LogP contribution in [0.25, 0.3) is 0 Å². The second kappa shape index (κ2) is 5.38. The number of halogens is 4. The average molecular weight is 316 g/mol. The molecule has 19 heavy (non-hydrogen) atoms. The third-order valence-corrected chi connectivity index (χ3v) is 3.57. The molecule has 0 aliphatic heterocycles. The smallest absolute Gasteiger partial charge is 0.294 e. The topological polar surface area (TPSA) is 63.2 Å². The minimum absolute atomic E-state index is 0.197. The summed E-state index contributed by atoms with van der Waals surface area (Å²) in [7, 11) is -5.53. The molecule has 1 aromatic carbocycles. The normalized spacial score (nSPS) is 12.3. The van der Waals surface area contributed by atoms with Gasteiger partial charge < -0.3 is 0 Å². The van der Waals surface area contributed by atoms with Crippen LogP contribution in [0.4, 0.5) is 18.9 Å². The largest absolute Gasteiger partial charge is 0.516 e. The predicted molar refractivity (Wildman–Crippen MR) is 64.7 cm³/mol. The number of sulfonamides is 1. The number of ketones is 1. The van der Waals surface area contributed by atoms with Crippen LogP contribution in [-0.2, 0) is 10.0 Å². The number of carbonyl (C=O) groups is 1. The van der Waals surface area contributed by atoms with E-state index in [0.29, 0.717) is 0 Å². The van der Waals surface area contributed by atoms with Gasteiger partial charge in [-0.2, -0.15) is 21.6 Å². The average Bonchev–Trinajstić information content (AvgIpc) is 2.29. The number of anilines is 1. The van der Waals surface area contributed by atoms with E-state index in [1.165, 1.54) is 10.8 Å². The van der Waals surface area contributed by atoms with E-state index in [4.69, 9.17) is 11.6 Å². The Labute approximate surface area is 112 Å². The monoisotopic (exact) mass is 315 g/mol. The van der Waals surface area contributed by atoms with Crippen LogP contribution in [0.15, 0.2) is 18.2 Å². The first-order chi connectivity index (χ1) is 8.58. The van der Waals surface area contributed by atoms with Crippen LogP contribution in [0.2, 0.25) is 5.02 Å². The fourth-order valence-corrected chi connectivity index (χ4v) is 2.05. The summed E-state index contributed by atoms with van der Waals surface area (Å²) in [5, 5.41) is -0.285. The quantitative estimate of drug-likeness (QED) is 0.868. The van der Waals surface area contributed by atoms with Crippen molar-refractivity contribution in [1.82, 2.24) is 0 Å². The maximum atomic E-state index is 12.2. The van der Waals surface area contributed by atoms with Gasteiger partial charge >= 0.3 is 15.5 Å². The second-order valence-corrected chi connectivity index (χ2v) is 5.60. The van der Waals surface area contributed by atoms with E-state index < -0.39 is 21.2 Å². The lowest BCUT2D eigenvalue weighted by molar-refractivity contribution is -0.0429. The molecule has 9 heteroatoms. The maximum absolute atomic E-state index is 12.2. The van der Waals surface area contributed by atoms with E-state index in [1.807, 2.05) is 0 Å². The predicted octanol–water partition coefficient (Wildman–Crippen LogP) is 3.19. The van der Waals surface area contributed by atoms with Crippen LogP contribution in [0.5, 0.6) is 0 Å². The molecule has 0 aliphatic carbocycles. The van der Waals surface area contributed by atoms with E-state index in [0.717, 1.165) is 12.1 Å². The summed E-state index contributed by atoms with van der Waals surface area (Å²) in [6, 6.07) is 3.32. The molecule has 0 heterocycles. The molecule has 0 spiro atoms. The number of alkyl halides is 3. The Morgan fingerprint density at radius 3 is 2.37 bits per heavy atom. The molecule has 0 bridgehead atoms.